The third kappa shape index (κ3) is 4.01. The summed E-state index contributed by atoms with van der Waals surface area (Å²) in [6, 6.07) is 9.00. The number of anilines is 1. The monoisotopic (exact) mass is 357 g/mol. The second kappa shape index (κ2) is 8.08. The minimum Gasteiger partial charge on any atom is -0.355 e. The highest BCUT2D eigenvalue weighted by molar-refractivity contribution is 6.01. The smallest absolute Gasteiger partial charge is 0.231 e. The summed E-state index contributed by atoms with van der Waals surface area (Å²) in [6.07, 6.45) is 0.508. The zero-order chi connectivity index (χ0) is 18.7. The lowest BCUT2D eigenvalue weighted by Gasteiger charge is -2.23. The summed E-state index contributed by atoms with van der Waals surface area (Å²) in [5, 5.41) is 6.92. The number of nitrogens with zero attached hydrogens (tertiary/aromatic N) is 3. The molecule has 142 valence electrons. The van der Waals surface area contributed by atoms with Gasteiger partial charge >= 0.3 is 0 Å². The highest BCUT2D eigenvalue weighted by atomic mass is 16.2. The Morgan fingerprint density at radius 1 is 1.31 bits per heavy atom. The van der Waals surface area contributed by atoms with Gasteiger partial charge in [0.1, 0.15) is 0 Å². The summed E-state index contributed by atoms with van der Waals surface area (Å²) in [5.74, 6) is 1.57. The van der Waals surface area contributed by atoms with Crippen molar-refractivity contribution in [1.82, 2.24) is 15.5 Å². The Bertz CT molecular complexity index is 672. The van der Waals surface area contributed by atoms with E-state index in [1.165, 1.54) is 0 Å². The number of carbonyl (C=O) groups is 1. The summed E-state index contributed by atoms with van der Waals surface area (Å²) in [5.41, 5.74) is 2.16. The Balaban J connectivity index is 1.50. The van der Waals surface area contributed by atoms with Crippen molar-refractivity contribution in [2.75, 3.05) is 38.1 Å². The van der Waals surface area contributed by atoms with Crippen molar-refractivity contribution in [3.05, 3.63) is 29.8 Å². The molecule has 26 heavy (non-hydrogen) atoms. The third-order valence-corrected chi connectivity index (χ3v) is 5.47. The first kappa shape index (κ1) is 18.7. The van der Waals surface area contributed by atoms with Crippen LogP contribution in [-0.2, 0) is 11.2 Å². The largest absolute Gasteiger partial charge is 0.355 e. The number of rotatable bonds is 5. The number of nitrogens with one attached hydrogen (secondary N) is 2. The van der Waals surface area contributed by atoms with Crippen molar-refractivity contribution < 1.29 is 4.79 Å². The number of fused-ring (bicyclic) bond motifs is 1. The van der Waals surface area contributed by atoms with E-state index in [1.54, 1.807) is 7.05 Å². The fourth-order valence-corrected chi connectivity index (χ4v) is 3.83. The molecule has 0 bridgehead atoms. The third-order valence-electron chi connectivity index (χ3n) is 5.47. The quantitative estimate of drug-likeness (QED) is 0.619. The standard InChI is InChI=1S/C20H31N5O/c1-14(2)24-12-15(3)17(13-24)23-20(21-4)22-9-10-25-18-8-6-5-7-16(18)11-19(25)26/h5-8,14-15,17H,9-13H2,1-4H3,(H2,21,22,23). The Kier molecular flexibility index (Phi) is 5.81. The minimum absolute atomic E-state index is 0.174. The van der Waals surface area contributed by atoms with Gasteiger partial charge in [-0.1, -0.05) is 25.1 Å². The average molecular weight is 358 g/mol. The first-order chi connectivity index (χ1) is 12.5. The molecule has 0 aromatic heterocycles. The van der Waals surface area contributed by atoms with Crippen molar-refractivity contribution in [2.24, 2.45) is 10.9 Å². The van der Waals surface area contributed by atoms with Gasteiger partial charge in [-0.3, -0.25) is 14.7 Å². The predicted octanol–water partition coefficient (Wildman–Crippen LogP) is 1.47. The van der Waals surface area contributed by atoms with Gasteiger partial charge in [-0.15, -0.1) is 0 Å². The van der Waals surface area contributed by atoms with Gasteiger partial charge in [0.15, 0.2) is 5.96 Å². The number of hydrogen-bond donors (Lipinski definition) is 2. The van der Waals surface area contributed by atoms with E-state index < -0.39 is 0 Å². The van der Waals surface area contributed by atoms with E-state index >= 15 is 0 Å². The molecule has 6 heteroatoms. The summed E-state index contributed by atoms with van der Waals surface area (Å²) in [7, 11) is 1.80. The Hall–Kier alpha value is -2.08. The van der Waals surface area contributed by atoms with Crippen LogP contribution in [0.5, 0.6) is 0 Å². The van der Waals surface area contributed by atoms with Crippen LogP contribution in [0.15, 0.2) is 29.3 Å². The van der Waals surface area contributed by atoms with E-state index in [2.05, 4.69) is 41.3 Å². The number of benzene rings is 1. The number of amides is 1. The van der Waals surface area contributed by atoms with E-state index in [0.29, 0.717) is 37.5 Å². The molecule has 2 heterocycles. The summed E-state index contributed by atoms with van der Waals surface area (Å²) in [4.78, 5) is 21.0. The van der Waals surface area contributed by atoms with Crippen LogP contribution in [0.1, 0.15) is 26.3 Å². The maximum absolute atomic E-state index is 12.2. The number of likely N-dealkylation sites (tertiary alicyclic amines) is 1. The van der Waals surface area contributed by atoms with Gasteiger partial charge in [0.05, 0.1) is 6.42 Å². The molecule has 1 saturated heterocycles. The van der Waals surface area contributed by atoms with Crippen LogP contribution >= 0.6 is 0 Å². The molecular weight excluding hydrogens is 326 g/mol. The number of para-hydroxylation sites is 1. The lowest BCUT2D eigenvalue weighted by atomic mass is 10.1. The van der Waals surface area contributed by atoms with Crippen molar-refractivity contribution in [3.63, 3.8) is 0 Å². The SMILES string of the molecule is CN=C(NCCN1C(=O)Cc2ccccc21)NC1CN(C(C)C)CC1C. The van der Waals surface area contributed by atoms with E-state index in [9.17, 15) is 4.79 Å². The molecule has 2 atom stereocenters. The molecule has 0 spiro atoms. The van der Waals surface area contributed by atoms with Gasteiger partial charge < -0.3 is 15.5 Å². The van der Waals surface area contributed by atoms with E-state index in [4.69, 9.17) is 0 Å². The molecule has 1 fully saturated rings. The molecular formula is C20H31N5O. The van der Waals surface area contributed by atoms with Crippen LogP contribution in [0.2, 0.25) is 0 Å². The number of carbonyl (C=O) groups excluding carboxylic acids is 1. The zero-order valence-electron chi connectivity index (χ0n) is 16.3. The molecule has 3 rings (SSSR count). The first-order valence-corrected chi connectivity index (χ1v) is 9.59. The molecule has 1 aromatic rings. The second-order valence-corrected chi connectivity index (χ2v) is 7.63. The fourth-order valence-electron chi connectivity index (χ4n) is 3.83. The second-order valence-electron chi connectivity index (χ2n) is 7.63. The molecule has 0 radical (unpaired) electrons. The normalized spacial score (nSPS) is 23.7. The molecule has 1 amide bonds. The van der Waals surface area contributed by atoms with Crippen LogP contribution in [0.25, 0.3) is 0 Å². The lowest BCUT2D eigenvalue weighted by Crippen LogP contribution is -2.48. The van der Waals surface area contributed by atoms with Crippen LogP contribution in [0.4, 0.5) is 5.69 Å². The van der Waals surface area contributed by atoms with Crippen LogP contribution in [-0.4, -0.2) is 62.1 Å². The van der Waals surface area contributed by atoms with Crippen molar-refractivity contribution in [3.8, 4) is 0 Å². The minimum atomic E-state index is 0.174. The molecule has 2 aliphatic heterocycles. The topological polar surface area (TPSA) is 60.0 Å². The number of guanidine groups is 1. The molecule has 0 aliphatic carbocycles. The molecule has 2 N–H and O–H groups in total. The molecule has 1 aromatic carbocycles. The molecule has 0 saturated carbocycles. The van der Waals surface area contributed by atoms with Gasteiger partial charge in [0, 0.05) is 51.0 Å². The Morgan fingerprint density at radius 2 is 2.08 bits per heavy atom. The number of hydrogen-bond acceptors (Lipinski definition) is 3. The van der Waals surface area contributed by atoms with Gasteiger partial charge in [-0.05, 0) is 31.4 Å². The summed E-state index contributed by atoms with van der Waals surface area (Å²) >= 11 is 0. The van der Waals surface area contributed by atoms with Crippen molar-refractivity contribution in [1.29, 1.82) is 0 Å². The van der Waals surface area contributed by atoms with E-state index in [0.717, 1.165) is 30.3 Å². The van der Waals surface area contributed by atoms with Crippen LogP contribution < -0.4 is 15.5 Å². The zero-order valence-corrected chi connectivity index (χ0v) is 16.3. The first-order valence-electron chi connectivity index (χ1n) is 9.59. The fraction of sp³-hybridized carbons (Fsp3) is 0.600. The molecule has 6 nitrogen and oxygen atoms in total. The van der Waals surface area contributed by atoms with Crippen LogP contribution in [0.3, 0.4) is 0 Å². The van der Waals surface area contributed by atoms with Crippen molar-refractivity contribution >= 4 is 17.6 Å². The Labute approximate surface area is 156 Å². The predicted molar refractivity (Wildman–Crippen MR) is 107 cm³/mol. The van der Waals surface area contributed by atoms with E-state index in [-0.39, 0.29) is 5.91 Å². The van der Waals surface area contributed by atoms with Crippen molar-refractivity contribution in [2.45, 2.75) is 39.3 Å². The molecule has 2 aliphatic rings. The average Bonchev–Trinajstić information content (AvgIpc) is 3.14. The lowest BCUT2D eigenvalue weighted by molar-refractivity contribution is -0.117. The highest BCUT2D eigenvalue weighted by Crippen LogP contribution is 2.27. The number of aliphatic imine (C=N–C) groups is 1. The van der Waals surface area contributed by atoms with Gasteiger partial charge in [-0.25, -0.2) is 0 Å². The van der Waals surface area contributed by atoms with Crippen LogP contribution in [0, 0.1) is 5.92 Å². The van der Waals surface area contributed by atoms with Gasteiger partial charge in [0.25, 0.3) is 0 Å². The maximum Gasteiger partial charge on any atom is 0.231 e. The summed E-state index contributed by atoms with van der Waals surface area (Å²) in [6.45, 7) is 10.2. The summed E-state index contributed by atoms with van der Waals surface area (Å²) < 4.78 is 0. The van der Waals surface area contributed by atoms with Gasteiger partial charge in [-0.2, -0.15) is 0 Å². The van der Waals surface area contributed by atoms with E-state index in [1.807, 2.05) is 29.2 Å². The Morgan fingerprint density at radius 3 is 2.77 bits per heavy atom. The molecule has 2 unspecified atom stereocenters. The highest BCUT2D eigenvalue weighted by Gasteiger charge is 2.31. The maximum atomic E-state index is 12.2. The van der Waals surface area contributed by atoms with Gasteiger partial charge in [0.2, 0.25) is 5.91 Å².